The van der Waals surface area contributed by atoms with E-state index in [2.05, 4.69) is 11.9 Å². The quantitative estimate of drug-likeness (QED) is 0.379. The number of nitrogens with one attached hydrogen (secondary N) is 1. The Balaban J connectivity index is 3.67. The van der Waals surface area contributed by atoms with Gasteiger partial charge in [0.25, 0.3) is 0 Å². The molecule has 2 N–H and O–H groups in total. The molecule has 0 fully saturated rings. The Morgan fingerprint density at radius 2 is 2.20 bits per heavy atom. The molecule has 0 saturated heterocycles. The first-order valence-corrected chi connectivity index (χ1v) is 3.34. The van der Waals surface area contributed by atoms with Crippen molar-refractivity contribution in [3.8, 4) is 0 Å². The van der Waals surface area contributed by atoms with Crippen molar-refractivity contribution in [2.45, 2.75) is 11.1 Å². The van der Waals surface area contributed by atoms with Crippen LogP contribution >= 0.6 is 23.2 Å². The van der Waals surface area contributed by atoms with E-state index in [9.17, 15) is 4.79 Å². The second kappa shape index (κ2) is 4.55. The maximum absolute atomic E-state index is 10.4. The molecule has 0 aliphatic rings. The van der Waals surface area contributed by atoms with Crippen LogP contribution in [0.25, 0.3) is 0 Å². The fourth-order valence-electron chi connectivity index (χ4n) is 0.268. The van der Waals surface area contributed by atoms with E-state index < -0.39 is 17.0 Å². The third-order valence-electron chi connectivity index (χ3n) is 0.714. The fourth-order valence-corrected chi connectivity index (χ4v) is 0.394. The molecule has 0 aliphatic heterocycles. The zero-order chi connectivity index (χ0) is 8.15. The minimum atomic E-state index is -1.24. The highest BCUT2D eigenvalue weighted by atomic mass is 35.5. The summed E-state index contributed by atoms with van der Waals surface area (Å²) in [7, 11) is 0. The predicted octanol–water partition coefficient (Wildman–Crippen LogP) is 0.411. The molecule has 0 aromatic heterocycles. The molecule has 10 heavy (non-hydrogen) atoms. The largest absolute Gasteiger partial charge is 0.371 e. The smallest absolute Gasteiger partial charge is 0.245 e. The Hall–Kier alpha value is -0.250. The number of rotatable bonds is 3. The summed E-state index contributed by atoms with van der Waals surface area (Å²) in [5, 5.41) is 10.8. The van der Waals surface area contributed by atoms with Crippen molar-refractivity contribution in [1.82, 2.24) is 5.32 Å². The van der Waals surface area contributed by atoms with E-state index in [1.54, 1.807) is 0 Å². The van der Waals surface area contributed by atoms with Crippen molar-refractivity contribution < 1.29 is 9.90 Å². The van der Waals surface area contributed by atoms with Gasteiger partial charge in [-0.2, -0.15) is 0 Å². The first-order valence-electron chi connectivity index (χ1n) is 2.47. The van der Waals surface area contributed by atoms with Gasteiger partial charge in [-0.25, -0.2) is 0 Å². The third-order valence-corrected chi connectivity index (χ3v) is 1.19. The molecule has 0 aromatic carbocycles. The van der Waals surface area contributed by atoms with Gasteiger partial charge in [0.05, 0.1) is 0 Å². The van der Waals surface area contributed by atoms with E-state index in [0.717, 1.165) is 6.08 Å². The second-order valence-corrected chi connectivity index (χ2v) is 2.66. The summed E-state index contributed by atoms with van der Waals surface area (Å²) in [6.45, 7) is 3.16. The van der Waals surface area contributed by atoms with E-state index >= 15 is 0 Å². The van der Waals surface area contributed by atoms with E-state index in [0.29, 0.717) is 0 Å². The lowest BCUT2D eigenvalue weighted by Crippen LogP contribution is -2.37. The Morgan fingerprint density at radius 1 is 1.70 bits per heavy atom. The highest BCUT2D eigenvalue weighted by Gasteiger charge is 2.13. The number of halogens is 2. The van der Waals surface area contributed by atoms with Gasteiger partial charge in [-0.05, 0) is 6.08 Å². The molecule has 5 heteroatoms. The van der Waals surface area contributed by atoms with E-state index in [-0.39, 0.29) is 0 Å². The summed E-state index contributed by atoms with van der Waals surface area (Å²) in [6, 6.07) is 0. The van der Waals surface area contributed by atoms with Gasteiger partial charge in [-0.1, -0.05) is 6.58 Å². The van der Waals surface area contributed by atoms with Gasteiger partial charge in [0.2, 0.25) is 5.91 Å². The van der Waals surface area contributed by atoms with Crippen molar-refractivity contribution in [2.24, 2.45) is 0 Å². The molecular formula is C5H7Cl2NO2. The number of hydrogen-bond donors (Lipinski definition) is 2. The summed E-state index contributed by atoms with van der Waals surface area (Å²) >= 11 is 10.4. The fraction of sp³-hybridized carbons (Fsp3) is 0.400. The van der Waals surface area contributed by atoms with Crippen LogP contribution in [0.2, 0.25) is 0 Å². The SMILES string of the molecule is C=CC(=O)NC(O)C(Cl)Cl. The lowest BCUT2D eigenvalue weighted by atomic mass is 10.5. The van der Waals surface area contributed by atoms with E-state index in [4.69, 9.17) is 28.3 Å². The Kier molecular flexibility index (Phi) is 4.43. The standard InChI is InChI=1S/C5H7Cl2NO2/c1-2-3(9)8-5(10)4(6)7/h2,4-5,10H,1H2,(H,8,9). The normalized spacial score (nSPS) is 12.8. The van der Waals surface area contributed by atoms with Crippen LogP contribution in [0.5, 0.6) is 0 Å². The van der Waals surface area contributed by atoms with Crippen LogP contribution in [0.1, 0.15) is 0 Å². The van der Waals surface area contributed by atoms with Gasteiger partial charge in [-0.15, -0.1) is 23.2 Å². The topological polar surface area (TPSA) is 49.3 Å². The molecule has 0 aromatic rings. The molecule has 0 aliphatic carbocycles. The van der Waals surface area contributed by atoms with Crippen LogP contribution in [-0.2, 0) is 4.79 Å². The average Bonchev–Trinajstić information content (AvgIpc) is 1.87. The maximum Gasteiger partial charge on any atom is 0.245 e. The number of carbonyl (C=O) groups excluding carboxylic acids is 1. The van der Waals surface area contributed by atoms with Gasteiger partial charge in [-0.3, -0.25) is 4.79 Å². The summed E-state index contributed by atoms with van der Waals surface area (Å²) in [6.07, 6.45) is -0.229. The number of aliphatic hydroxyl groups is 1. The van der Waals surface area contributed by atoms with Crippen LogP contribution in [0, 0.1) is 0 Å². The third kappa shape index (κ3) is 3.71. The molecule has 0 saturated carbocycles. The first-order chi connectivity index (χ1) is 4.57. The van der Waals surface area contributed by atoms with Gasteiger partial charge in [0.1, 0.15) is 0 Å². The van der Waals surface area contributed by atoms with Gasteiger partial charge in [0.15, 0.2) is 11.1 Å². The summed E-state index contributed by atoms with van der Waals surface area (Å²) < 4.78 is 0. The maximum atomic E-state index is 10.4. The number of aliphatic hydroxyl groups excluding tert-OH is 1. The summed E-state index contributed by atoms with van der Waals surface area (Å²) in [5.41, 5.74) is 0. The molecule has 0 rings (SSSR count). The van der Waals surface area contributed by atoms with Crippen molar-refractivity contribution >= 4 is 29.1 Å². The molecule has 0 heterocycles. The zero-order valence-electron chi connectivity index (χ0n) is 5.05. The number of alkyl halides is 2. The van der Waals surface area contributed by atoms with Crippen LogP contribution in [0.4, 0.5) is 0 Å². The Labute approximate surface area is 68.6 Å². The second-order valence-electron chi connectivity index (χ2n) is 1.49. The molecule has 1 amide bonds. The van der Waals surface area contributed by atoms with Gasteiger partial charge < -0.3 is 10.4 Å². The Bertz CT molecular complexity index is 138. The molecule has 1 unspecified atom stereocenters. The lowest BCUT2D eigenvalue weighted by molar-refractivity contribution is -0.119. The van der Waals surface area contributed by atoms with E-state index in [1.165, 1.54) is 0 Å². The summed E-state index contributed by atoms with van der Waals surface area (Å²) in [4.78, 5) is 9.40. The number of carbonyl (C=O) groups is 1. The van der Waals surface area contributed by atoms with Gasteiger partial charge in [0, 0.05) is 0 Å². The van der Waals surface area contributed by atoms with Crippen molar-refractivity contribution in [1.29, 1.82) is 0 Å². The minimum Gasteiger partial charge on any atom is -0.371 e. The molecule has 58 valence electrons. The van der Waals surface area contributed by atoms with Gasteiger partial charge >= 0.3 is 0 Å². The van der Waals surface area contributed by atoms with Crippen molar-refractivity contribution in [2.75, 3.05) is 0 Å². The van der Waals surface area contributed by atoms with Crippen LogP contribution in [0.3, 0.4) is 0 Å². The zero-order valence-corrected chi connectivity index (χ0v) is 6.56. The molecule has 0 bridgehead atoms. The molecule has 0 spiro atoms. The summed E-state index contributed by atoms with van der Waals surface area (Å²) in [5.74, 6) is -0.515. The average molecular weight is 184 g/mol. The lowest BCUT2D eigenvalue weighted by Gasteiger charge is -2.10. The van der Waals surface area contributed by atoms with Crippen LogP contribution in [0.15, 0.2) is 12.7 Å². The highest BCUT2D eigenvalue weighted by Crippen LogP contribution is 2.04. The predicted molar refractivity (Wildman–Crippen MR) is 39.8 cm³/mol. The molecule has 1 atom stereocenters. The monoisotopic (exact) mass is 183 g/mol. The first kappa shape index (κ1) is 9.75. The molecule has 3 nitrogen and oxygen atoms in total. The van der Waals surface area contributed by atoms with E-state index in [1.807, 2.05) is 0 Å². The number of hydrogen-bond acceptors (Lipinski definition) is 2. The van der Waals surface area contributed by atoms with Crippen molar-refractivity contribution in [3.63, 3.8) is 0 Å². The van der Waals surface area contributed by atoms with Crippen LogP contribution in [-0.4, -0.2) is 22.1 Å². The number of amides is 1. The minimum absolute atomic E-state index is 0.515. The van der Waals surface area contributed by atoms with Crippen molar-refractivity contribution in [3.05, 3.63) is 12.7 Å². The molecular weight excluding hydrogens is 177 g/mol. The highest BCUT2D eigenvalue weighted by molar-refractivity contribution is 6.44. The molecule has 0 radical (unpaired) electrons. The Morgan fingerprint density at radius 3 is 2.50 bits per heavy atom. The van der Waals surface area contributed by atoms with Crippen LogP contribution < -0.4 is 5.32 Å².